The minimum Gasteiger partial charge on any atom is -0.393 e. The highest BCUT2D eigenvalue weighted by atomic mass is 32.2. The van der Waals surface area contributed by atoms with E-state index in [0.717, 1.165) is 24.2 Å². The lowest BCUT2D eigenvalue weighted by molar-refractivity contribution is 0.0907. The number of allylic oxidation sites excluding steroid dienone is 4. The van der Waals surface area contributed by atoms with Crippen LogP contribution in [0.25, 0.3) is 0 Å². The maximum Gasteiger partial charge on any atom is 0.0883 e. The van der Waals surface area contributed by atoms with Gasteiger partial charge in [0.05, 0.1) is 12.0 Å². The molecule has 5 atom stereocenters. The van der Waals surface area contributed by atoms with Gasteiger partial charge in [-0.1, -0.05) is 84.1 Å². The van der Waals surface area contributed by atoms with E-state index in [-0.39, 0.29) is 12.0 Å². The van der Waals surface area contributed by atoms with Gasteiger partial charge in [-0.25, -0.2) is 0 Å². The van der Waals surface area contributed by atoms with Crippen LogP contribution in [-0.4, -0.2) is 28.5 Å². The summed E-state index contributed by atoms with van der Waals surface area (Å²) in [6, 6.07) is 0. The van der Waals surface area contributed by atoms with Gasteiger partial charge in [-0.15, -0.1) is 24.1 Å². The molecule has 0 spiro atoms. The topological polar surface area (TPSA) is 40.5 Å². The highest BCUT2D eigenvalue weighted by Crippen LogP contribution is 2.59. The molecule has 0 bridgehead atoms. The molecule has 0 heterocycles. The lowest BCUT2D eigenvalue weighted by Gasteiger charge is -2.44. The van der Waals surface area contributed by atoms with Gasteiger partial charge in [0.2, 0.25) is 0 Å². The van der Waals surface area contributed by atoms with Crippen molar-refractivity contribution in [1.82, 2.24) is 0 Å². The van der Waals surface area contributed by atoms with Crippen molar-refractivity contribution < 1.29 is 10.2 Å². The second-order valence-electron chi connectivity index (χ2n) is 10.7. The summed E-state index contributed by atoms with van der Waals surface area (Å²) in [6.45, 7) is 16.7. The smallest absolute Gasteiger partial charge is 0.0883 e. The summed E-state index contributed by atoms with van der Waals surface area (Å²) in [5.41, 5.74) is 4.01. The predicted octanol–water partition coefficient (Wildman–Crippen LogP) is 10.2. The Morgan fingerprint density at radius 1 is 1.00 bits per heavy atom. The molecule has 0 aromatic carbocycles. The first-order valence-corrected chi connectivity index (χ1v) is 16.8. The molecule has 218 valence electrons. The van der Waals surface area contributed by atoms with E-state index in [9.17, 15) is 5.11 Å². The maximum absolute atomic E-state index is 9.56. The first-order valence-electron chi connectivity index (χ1n) is 15.4. The lowest BCUT2D eigenvalue weighted by atomic mass is 9.60. The fourth-order valence-electron chi connectivity index (χ4n) is 6.55. The summed E-state index contributed by atoms with van der Waals surface area (Å²) >= 11 is 1.41. The van der Waals surface area contributed by atoms with E-state index in [2.05, 4.69) is 38.3 Å². The summed E-state index contributed by atoms with van der Waals surface area (Å²) in [5.74, 6) is 5.01. The fourth-order valence-corrected chi connectivity index (χ4v) is 6.55. The van der Waals surface area contributed by atoms with E-state index in [1.54, 1.807) is 18.1 Å². The molecule has 3 fully saturated rings. The molecule has 0 radical (unpaired) electrons. The molecule has 0 aromatic heterocycles. The van der Waals surface area contributed by atoms with Gasteiger partial charge in [0.25, 0.3) is 0 Å². The molecule has 2 N–H and O–H groups in total. The molecule has 4 unspecified atom stereocenters. The summed E-state index contributed by atoms with van der Waals surface area (Å²) in [6.07, 6.45) is 28.7. The molecule has 3 aliphatic rings. The normalized spacial score (nSPS) is 26.6. The number of hydrogen-bond acceptors (Lipinski definition) is 3. The summed E-state index contributed by atoms with van der Waals surface area (Å²) < 4.78 is 0. The number of aliphatic hydroxyl groups excluding tert-OH is 2. The van der Waals surface area contributed by atoms with E-state index < -0.39 is 0 Å². The Kier molecular flexibility index (Phi) is 25.3. The number of terminal acetylenes is 1. The van der Waals surface area contributed by atoms with E-state index in [1.807, 2.05) is 40.9 Å². The second kappa shape index (κ2) is 24.4. The van der Waals surface area contributed by atoms with Crippen molar-refractivity contribution in [2.75, 3.05) is 12.2 Å². The van der Waals surface area contributed by atoms with Crippen LogP contribution in [-0.2, 0) is 0 Å². The Labute approximate surface area is 237 Å². The third-order valence-electron chi connectivity index (χ3n) is 8.16. The van der Waals surface area contributed by atoms with Crippen molar-refractivity contribution in [2.45, 2.75) is 145 Å². The van der Waals surface area contributed by atoms with Crippen LogP contribution < -0.4 is 0 Å². The highest BCUT2D eigenvalue weighted by Gasteiger charge is 2.50. The Hall–Kier alpha value is -0.690. The molecule has 3 rings (SSSR count). The molecule has 0 aliphatic heterocycles. The number of hydrogen-bond donors (Lipinski definition) is 2. The van der Waals surface area contributed by atoms with Crippen molar-refractivity contribution in [3.05, 3.63) is 23.3 Å². The second-order valence-corrected chi connectivity index (χ2v) is 11.5. The standard InChI is InChI=1S/C25H42O.C3H4.C2H6OS.2C2H6/c1-19(9-7-10-20(2)26)23-16-17-24-22(13-8-18-25(23,24)3)15-14-21-11-5-4-6-12-21;1-3-2;1-4-2-3;2*1-2/h14-15,19-20,23-24,26H,4-13,16-18H2,1-3H3;1H,2H3;3H,2H2,1H3;2*1-2H3/b22-15+;;;;/t19-,20?,23?,24?,25?;;;;/m1..../s1. The zero-order chi connectivity index (χ0) is 28.7. The Morgan fingerprint density at radius 3 is 2.08 bits per heavy atom. The summed E-state index contributed by atoms with van der Waals surface area (Å²) in [7, 11) is 0. The molecule has 37 heavy (non-hydrogen) atoms. The van der Waals surface area contributed by atoms with Gasteiger partial charge in [0.1, 0.15) is 0 Å². The Bertz CT molecular complexity index is 620. The average molecular weight is 537 g/mol. The van der Waals surface area contributed by atoms with Crippen LogP contribution in [0.1, 0.15) is 139 Å². The summed E-state index contributed by atoms with van der Waals surface area (Å²) in [4.78, 5) is 0. The lowest BCUT2D eigenvalue weighted by Crippen LogP contribution is -2.36. The highest BCUT2D eigenvalue weighted by molar-refractivity contribution is 7.98. The average Bonchev–Trinajstić information content (AvgIpc) is 3.28. The van der Waals surface area contributed by atoms with Crippen LogP contribution in [0.15, 0.2) is 23.3 Å². The SMILES string of the molecule is C#CC.CC.CC.CC(O)CCC[C@@H](C)C1CCC2/C(=C/C=C3CCCCC3)CCCC21C.CSCO. The third kappa shape index (κ3) is 14.9. The molecular formula is C34H64O2S. The molecular weight excluding hydrogens is 472 g/mol. The van der Waals surface area contributed by atoms with Gasteiger partial charge >= 0.3 is 0 Å². The first-order chi connectivity index (χ1) is 17.8. The van der Waals surface area contributed by atoms with Gasteiger partial charge in [-0.3, -0.25) is 0 Å². The van der Waals surface area contributed by atoms with E-state index in [1.165, 1.54) is 88.8 Å². The van der Waals surface area contributed by atoms with Crippen LogP contribution in [0.4, 0.5) is 0 Å². The van der Waals surface area contributed by atoms with E-state index in [0.29, 0.717) is 5.41 Å². The predicted molar refractivity (Wildman–Crippen MR) is 170 cm³/mol. The van der Waals surface area contributed by atoms with Crippen LogP contribution >= 0.6 is 11.8 Å². The number of rotatable bonds is 7. The monoisotopic (exact) mass is 536 g/mol. The van der Waals surface area contributed by atoms with Gasteiger partial charge in [-0.05, 0) is 107 Å². The van der Waals surface area contributed by atoms with Gasteiger partial charge in [0.15, 0.2) is 0 Å². The van der Waals surface area contributed by atoms with Gasteiger partial charge in [-0.2, -0.15) is 0 Å². The fraction of sp³-hybridized carbons (Fsp3) is 0.824. The molecule has 3 saturated carbocycles. The Balaban J connectivity index is 0. The van der Waals surface area contributed by atoms with E-state index >= 15 is 0 Å². The number of thioether (sulfide) groups is 1. The molecule has 3 heteroatoms. The van der Waals surface area contributed by atoms with Crippen LogP contribution in [0.2, 0.25) is 0 Å². The van der Waals surface area contributed by atoms with Crippen molar-refractivity contribution in [3.63, 3.8) is 0 Å². The summed E-state index contributed by atoms with van der Waals surface area (Å²) in [5, 5.41) is 17.4. The van der Waals surface area contributed by atoms with Crippen molar-refractivity contribution in [1.29, 1.82) is 0 Å². The number of aliphatic hydroxyl groups is 2. The molecule has 2 nitrogen and oxygen atoms in total. The van der Waals surface area contributed by atoms with Crippen molar-refractivity contribution in [3.8, 4) is 12.3 Å². The number of fused-ring (bicyclic) bond motifs is 1. The van der Waals surface area contributed by atoms with Crippen molar-refractivity contribution >= 4 is 11.8 Å². The van der Waals surface area contributed by atoms with Crippen LogP contribution in [0.5, 0.6) is 0 Å². The van der Waals surface area contributed by atoms with E-state index in [4.69, 9.17) is 5.11 Å². The minimum absolute atomic E-state index is 0.133. The Morgan fingerprint density at radius 2 is 1.57 bits per heavy atom. The molecule has 0 amide bonds. The van der Waals surface area contributed by atoms with Crippen LogP contribution in [0, 0.1) is 35.5 Å². The van der Waals surface area contributed by atoms with Crippen LogP contribution in [0.3, 0.4) is 0 Å². The maximum atomic E-state index is 9.56. The van der Waals surface area contributed by atoms with Gasteiger partial charge in [0, 0.05) is 0 Å². The molecule has 3 aliphatic carbocycles. The third-order valence-corrected chi connectivity index (χ3v) is 8.42. The van der Waals surface area contributed by atoms with Crippen molar-refractivity contribution in [2.24, 2.45) is 23.2 Å². The van der Waals surface area contributed by atoms with Gasteiger partial charge < -0.3 is 10.2 Å². The molecule has 0 saturated heterocycles. The largest absolute Gasteiger partial charge is 0.393 e. The molecule has 0 aromatic rings. The first kappa shape index (κ1) is 38.5. The zero-order valence-electron chi connectivity index (χ0n) is 26.2. The zero-order valence-corrected chi connectivity index (χ0v) is 27.1. The quantitative estimate of drug-likeness (QED) is 0.251. The minimum atomic E-state index is -0.133.